The Hall–Kier alpha value is -2.78. The number of rotatable bonds is 3. The molecule has 1 amide bonds. The quantitative estimate of drug-likeness (QED) is 0.746. The average Bonchev–Trinajstić information content (AvgIpc) is 2.97. The molecule has 0 aliphatic heterocycles. The van der Waals surface area contributed by atoms with Crippen molar-refractivity contribution in [1.29, 1.82) is 0 Å². The summed E-state index contributed by atoms with van der Waals surface area (Å²) in [6, 6.07) is -0.286. The van der Waals surface area contributed by atoms with E-state index < -0.39 is 11.6 Å². The molecular weight excluding hydrogens is 316 g/mol. The van der Waals surface area contributed by atoms with Crippen LogP contribution in [0.5, 0.6) is 0 Å². The molecule has 24 heavy (non-hydrogen) atoms. The summed E-state index contributed by atoms with van der Waals surface area (Å²) in [4.78, 5) is 39.6. The van der Waals surface area contributed by atoms with Crippen LogP contribution in [0.15, 0.2) is 11.1 Å². The minimum Gasteiger partial charge on any atom is -0.460 e. The van der Waals surface area contributed by atoms with Crippen LogP contribution < -0.4 is 11.0 Å². The molecule has 2 aromatic heterocycles. The van der Waals surface area contributed by atoms with Gasteiger partial charge in [0.2, 0.25) is 0 Å². The zero-order valence-electron chi connectivity index (χ0n) is 13.4. The van der Waals surface area contributed by atoms with Crippen LogP contribution in [0.2, 0.25) is 0 Å². The number of esters is 1. The van der Waals surface area contributed by atoms with Gasteiger partial charge in [0, 0.05) is 14.0 Å². The predicted molar refractivity (Wildman–Crippen MR) is 81.3 cm³/mol. The number of ether oxygens (including phenoxy) is 1. The van der Waals surface area contributed by atoms with Crippen LogP contribution in [0.1, 0.15) is 43.1 Å². The molecule has 3 rings (SSSR count). The number of nitrogens with one attached hydrogen (secondary N) is 1. The van der Waals surface area contributed by atoms with E-state index in [1.807, 2.05) is 0 Å². The van der Waals surface area contributed by atoms with Crippen LogP contribution in [0.3, 0.4) is 0 Å². The molecule has 2 aromatic rings. The van der Waals surface area contributed by atoms with Crippen molar-refractivity contribution in [1.82, 2.24) is 29.7 Å². The van der Waals surface area contributed by atoms with E-state index in [0.29, 0.717) is 12.8 Å². The van der Waals surface area contributed by atoms with Crippen molar-refractivity contribution < 1.29 is 14.3 Å². The van der Waals surface area contributed by atoms with Gasteiger partial charge >= 0.3 is 11.7 Å². The molecule has 1 aliphatic carbocycles. The topological polar surface area (TPSA) is 120 Å². The minimum absolute atomic E-state index is 0.0207. The molecule has 128 valence electrons. The molecule has 0 bridgehead atoms. The zero-order chi connectivity index (χ0) is 17.3. The van der Waals surface area contributed by atoms with E-state index in [4.69, 9.17) is 4.74 Å². The van der Waals surface area contributed by atoms with Crippen molar-refractivity contribution in [2.45, 2.75) is 44.8 Å². The Bertz CT molecular complexity index is 841. The maximum absolute atomic E-state index is 12.5. The molecule has 10 heteroatoms. The zero-order valence-corrected chi connectivity index (χ0v) is 13.4. The number of hydrogen-bond donors (Lipinski definition) is 1. The Labute approximate surface area is 136 Å². The molecule has 1 N–H and O–H groups in total. The average molecular weight is 334 g/mol. The molecule has 2 atom stereocenters. The van der Waals surface area contributed by atoms with Crippen molar-refractivity contribution in [3.63, 3.8) is 0 Å². The maximum Gasteiger partial charge on any atom is 0.352 e. The summed E-state index contributed by atoms with van der Waals surface area (Å²) in [6.07, 6.45) is 4.18. The number of nitrogens with zero attached hydrogens (tertiary/aromatic N) is 5. The number of carbonyl (C=O) groups is 2. The molecule has 1 fully saturated rings. The third-order valence-corrected chi connectivity index (χ3v) is 4.05. The summed E-state index contributed by atoms with van der Waals surface area (Å²) in [6.45, 7) is 1.35. The van der Waals surface area contributed by atoms with E-state index >= 15 is 0 Å². The molecule has 0 aromatic carbocycles. The van der Waals surface area contributed by atoms with E-state index in [2.05, 4.69) is 20.6 Å². The highest BCUT2D eigenvalue weighted by Gasteiger charge is 2.30. The lowest BCUT2D eigenvalue weighted by atomic mass is 9.92. The molecule has 0 spiro atoms. The number of imidazole rings is 1. The molecule has 2 heterocycles. The second kappa shape index (κ2) is 6.38. The summed E-state index contributed by atoms with van der Waals surface area (Å²) < 4.78 is 7.49. The number of aryl methyl sites for hydroxylation is 1. The standard InChI is InChI=1S/C14H18N6O4/c1-8(21)24-10-6-4-3-5-9(10)16-13(22)11-12-17-18-19(2)14(23)20(12)7-15-11/h7,9-10H,3-6H2,1-2H3,(H,16,22). The van der Waals surface area contributed by atoms with Gasteiger partial charge in [-0.1, -0.05) is 11.6 Å². The van der Waals surface area contributed by atoms with Crippen LogP contribution >= 0.6 is 0 Å². The molecular formula is C14H18N6O4. The lowest BCUT2D eigenvalue weighted by molar-refractivity contribution is -0.149. The predicted octanol–water partition coefficient (Wildman–Crippen LogP) is -0.573. The second-order valence-electron chi connectivity index (χ2n) is 5.79. The Balaban J connectivity index is 1.83. The van der Waals surface area contributed by atoms with Crippen molar-refractivity contribution >= 4 is 17.5 Å². The van der Waals surface area contributed by atoms with Crippen LogP contribution in [0, 0.1) is 0 Å². The SMILES string of the molecule is CC(=O)OC1CCCCC1NC(=O)c1ncn2c(=O)n(C)nnc12. The molecule has 1 saturated carbocycles. The monoisotopic (exact) mass is 334 g/mol. The Morgan fingerprint density at radius 2 is 2.08 bits per heavy atom. The first-order valence-corrected chi connectivity index (χ1v) is 7.72. The number of amides is 1. The Kier molecular flexibility index (Phi) is 4.28. The third kappa shape index (κ3) is 2.99. The largest absolute Gasteiger partial charge is 0.460 e. The second-order valence-corrected chi connectivity index (χ2v) is 5.79. The van der Waals surface area contributed by atoms with Crippen LogP contribution in [-0.2, 0) is 16.6 Å². The van der Waals surface area contributed by atoms with Crippen LogP contribution in [-0.4, -0.2) is 48.4 Å². The lowest BCUT2D eigenvalue weighted by Crippen LogP contribution is -2.47. The summed E-state index contributed by atoms with van der Waals surface area (Å²) in [5.41, 5.74) is -0.329. The Morgan fingerprint density at radius 1 is 1.33 bits per heavy atom. The van der Waals surface area contributed by atoms with Crippen molar-refractivity contribution in [3.05, 3.63) is 22.5 Å². The van der Waals surface area contributed by atoms with Gasteiger partial charge in [0.25, 0.3) is 5.91 Å². The van der Waals surface area contributed by atoms with Gasteiger partial charge in [-0.15, -0.1) is 5.10 Å². The van der Waals surface area contributed by atoms with E-state index in [1.54, 1.807) is 0 Å². The highest BCUT2D eigenvalue weighted by Crippen LogP contribution is 2.22. The highest BCUT2D eigenvalue weighted by atomic mass is 16.5. The number of fused-ring (bicyclic) bond motifs is 1. The van der Waals surface area contributed by atoms with Crippen molar-refractivity contribution in [2.75, 3.05) is 0 Å². The molecule has 1 aliphatic rings. The van der Waals surface area contributed by atoms with E-state index in [0.717, 1.165) is 21.9 Å². The Morgan fingerprint density at radius 3 is 2.83 bits per heavy atom. The first kappa shape index (κ1) is 16.1. The van der Waals surface area contributed by atoms with Gasteiger partial charge in [-0.05, 0) is 19.3 Å². The smallest absolute Gasteiger partial charge is 0.352 e. The van der Waals surface area contributed by atoms with Gasteiger partial charge in [-0.3, -0.25) is 9.59 Å². The minimum atomic E-state index is -0.468. The van der Waals surface area contributed by atoms with E-state index in [1.165, 1.54) is 20.3 Å². The van der Waals surface area contributed by atoms with Gasteiger partial charge in [0.05, 0.1) is 6.04 Å². The third-order valence-electron chi connectivity index (χ3n) is 4.05. The van der Waals surface area contributed by atoms with E-state index in [-0.39, 0.29) is 29.5 Å². The lowest BCUT2D eigenvalue weighted by Gasteiger charge is -2.31. The molecule has 10 nitrogen and oxygen atoms in total. The maximum atomic E-state index is 12.5. The van der Waals surface area contributed by atoms with Gasteiger partial charge in [0.15, 0.2) is 11.3 Å². The van der Waals surface area contributed by atoms with Gasteiger partial charge < -0.3 is 10.1 Å². The summed E-state index contributed by atoms with van der Waals surface area (Å²) in [7, 11) is 1.46. The summed E-state index contributed by atoms with van der Waals surface area (Å²) in [5.74, 6) is -0.841. The summed E-state index contributed by atoms with van der Waals surface area (Å²) >= 11 is 0. The van der Waals surface area contributed by atoms with E-state index in [9.17, 15) is 14.4 Å². The number of aromatic nitrogens is 5. The summed E-state index contributed by atoms with van der Waals surface area (Å²) in [5, 5.41) is 10.4. The molecule has 2 unspecified atom stereocenters. The van der Waals surface area contributed by atoms with Crippen LogP contribution in [0.25, 0.3) is 5.65 Å². The van der Waals surface area contributed by atoms with Crippen LogP contribution in [0.4, 0.5) is 0 Å². The normalized spacial score (nSPS) is 20.8. The first-order valence-electron chi connectivity index (χ1n) is 7.72. The fourth-order valence-electron chi connectivity index (χ4n) is 2.89. The van der Waals surface area contributed by atoms with Gasteiger partial charge in [-0.25, -0.2) is 14.2 Å². The fraction of sp³-hybridized carbons (Fsp3) is 0.571. The fourth-order valence-corrected chi connectivity index (χ4v) is 2.89. The molecule has 0 radical (unpaired) electrons. The first-order chi connectivity index (χ1) is 11.5. The number of carbonyl (C=O) groups excluding carboxylic acids is 2. The van der Waals surface area contributed by atoms with Gasteiger partial charge in [0.1, 0.15) is 12.4 Å². The molecule has 0 saturated heterocycles. The highest BCUT2D eigenvalue weighted by molar-refractivity contribution is 5.98. The van der Waals surface area contributed by atoms with Crippen molar-refractivity contribution in [3.8, 4) is 0 Å². The van der Waals surface area contributed by atoms with Crippen molar-refractivity contribution in [2.24, 2.45) is 7.05 Å². The van der Waals surface area contributed by atoms with Gasteiger partial charge in [-0.2, -0.15) is 4.68 Å². The number of hydrogen-bond acceptors (Lipinski definition) is 7.